The van der Waals surface area contributed by atoms with Crippen LogP contribution >= 0.6 is 11.8 Å². The molecule has 1 saturated heterocycles. The van der Waals surface area contributed by atoms with Gasteiger partial charge in [0.25, 0.3) is 0 Å². The van der Waals surface area contributed by atoms with E-state index in [0.29, 0.717) is 24.5 Å². The van der Waals surface area contributed by atoms with Crippen molar-refractivity contribution in [3.8, 4) is 5.75 Å². The number of furan rings is 1. The minimum Gasteiger partial charge on any atom is -0.497 e. The Kier molecular flexibility index (Phi) is 4.93. The second kappa shape index (κ2) is 7.10. The van der Waals surface area contributed by atoms with E-state index >= 15 is 0 Å². The fourth-order valence-corrected chi connectivity index (χ4v) is 3.79. The van der Waals surface area contributed by atoms with Crippen LogP contribution in [-0.4, -0.2) is 28.8 Å². The van der Waals surface area contributed by atoms with E-state index in [0.717, 1.165) is 17.1 Å². The molecular weight excluding hydrogens is 314 g/mol. The number of hydrogen-bond donors (Lipinski definition) is 1. The van der Waals surface area contributed by atoms with Crippen molar-refractivity contribution in [1.29, 1.82) is 0 Å². The smallest absolute Gasteiger partial charge is 0.224 e. The summed E-state index contributed by atoms with van der Waals surface area (Å²) in [7, 11) is 1.63. The standard InChI is InChI=1S/C17H19NO4S/c1-21-13-4-2-3-12(9-13)10-18-16(20)7-8-23-17(18)15-6-5-14(11-19)22-15/h2-6,9,17,19H,7-8,10-11H2,1H3. The van der Waals surface area contributed by atoms with E-state index in [-0.39, 0.29) is 17.9 Å². The van der Waals surface area contributed by atoms with E-state index in [1.807, 2.05) is 35.2 Å². The van der Waals surface area contributed by atoms with Gasteiger partial charge in [-0.05, 0) is 29.8 Å². The van der Waals surface area contributed by atoms with Crippen molar-refractivity contribution in [2.24, 2.45) is 0 Å². The van der Waals surface area contributed by atoms with Crippen molar-refractivity contribution in [3.05, 3.63) is 53.5 Å². The summed E-state index contributed by atoms with van der Waals surface area (Å²) in [5.74, 6) is 2.87. The van der Waals surface area contributed by atoms with Crippen molar-refractivity contribution < 1.29 is 19.1 Å². The van der Waals surface area contributed by atoms with Crippen LogP contribution in [0.25, 0.3) is 0 Å². The first-order valence-electron chi connectivity index (χ1n) is 7.44. The molecular formula is C17H19NO4S. The summed E-state index contributed by atoms with van der Waals surface area (Å²) in [5, 5.41) is 9.00. The fourth-order valence-electron chi connectivity index (χ4n) is 2.61. The van der Waals surface area contributed by atoms with Crippen LogP contribution in [0.5, 0.6) is 5.75 Å². The van der Waals surface area contributed by atoms with Gasteiger partial charge in [0.2, 0.25) is 5.91 Å². The van der Waals surface area contributed by atoms with Crippen LogP contribution in [0.2, 0.25) is 0 Å². The highest BCUT2D eigenvalue weighted by Gasteiger charge is 2.32. The van der Waals surface area contributed by atoms with Gasteiger partial charge in [0.1, 0.15) is 29.3 Å². The average Bonchev–Trinajstić information content (AvgIpc) is 3.06. The lowest BCUT2D eigenvalue weighted by atomic mass is 10.2. The first-order valence-corrected chi connectivity index (χ1v) is 8.49. The molecule has 1 fully saturated rings. The molecule has 6 heteroatoms. The first-order chi connectivity index (χ1) is 11.2. The number of methoxy groups -OCH3 is 1. The zero-order valence-corrected chi connectivity index (χ0v) is 13.7. The van der Waals surface area contributed by atoms with Crippen molar-refractivity contribution in [2.45, 2.75) is 24.9 Å². The maximum absolute atomic E-state index is 12.4. The third-order valence-electron chi connectivity index (χ3n) is 3.76. The first kappa shape index (κ1) is 16.0. The molecule has 1 aromatic carbocycles. The van der Waals surface area contributed by atoms with E-state index in [1.54, 1.807) is 24.9 Å². The lowest BCUT2D eigenvalue weighted by Gasteiger charge is -2.34. The average molecular weight is 333 g/mol. The van der Waals surface area contributed by atoms with E-state index in [4.69, 9.17) is 14.3 Å². The highest BCUT2D eigenvalue weighted by molar-refractivity contribution is 7.99. The summed E-state index contributed by atoms with van der Waals surface area (Å²) in [6.07, 6.45) is 0.526. The van der Waals surface area contributed by atoms with Gasteiger partial charge in [-0.15, -0.1) is 11.8 Å². The molecule has 2 aromatic rings. The molecule has 122 valence electrons. The minimum absolute atomic E-state index is 0.110. The third-order valence-corrected chi connectivity index (χ3v) is 5.01. The van der Waals surface area contributed by atoms with Crippen LogP contribution in [0.1, 0.15) is 28.9 Å². The number of aliphatic hydroxyl groups excluding tert-OH is 1. The van der Waals surface area contributed by atoms with Gasteiger partial charge in [0.15, 0.2) is 0 Å². The molecule has 2 heterocycles. The van der Waals surface area contributed by atoms with Crippen LogP contribution in [0.4, 0.5) is 0 Å². The number of carbonyl (C=O) groups excluding carboxylic acids is 1. The topological polar surface area (TPSA) is 62.9 Å². The molecule has 0 saturated carbocycles. The van der Waals surface area contributed by atoms with E-state index < -0.39 is 0 Å². The molecule has 0 bridgehead atoms. The summed E-state index contributed by atoms with van der Waals surface area (Å²) >= 11 is 1.68. The van der Waals surface area contributed by atoms with E-state index in [1.165, 1.54) is 0 Å². The molecule has 1 aromatic heterocycles. The Bertz CT molecular complexity index is 685. The maximum atomic E-state index is 12.4. The summed E-state index contributed by atoms with van der Waals surface area (Å²) in [4.78, 5) is 14.2. The van der Waals surface area contributed by atoms with Gasteiger partial charge >= 0.3 is 0 Å². The van der Waals surface area contributed by atoms with Crippen molar-refractivity contribution in [2.75, 3.05) is 12.9 Å². The third kappa shape index (κ3) is 3.54. The summed E-state index contributed by atoms with van der Waals surface area (Å²) in [6, 6.07) is 11.3. The molecule has 5 nitrogen and oxygen atoms in total. The molecule has 3 rings (SSSR count). The molecule has 0 radical (unpaired) electrons. The molecule has 1 N–H and O–H groups in total. The van der Waals surface area contributed by atoms with Gasteiger partial charge in [0, 0.05) is 18.7 Å². The number of rotatable bonds is 5. The van der Waals surface area contributed by atoms with Gasteiger partial charge in [0.05, 0.1) is 7.11 Å². The van der Waals surface area contributed by atoms with Crippen LogP contribution < -0.4 is 4.74 Å². The summed E-state index contributed by atoms with van der Waals surface area (Å²) in [6.45, 7) is 0.365. The predicted molar refractivity (Wildman–Crippen MR) is 88.0 cm³/mol. The summed E-state index contributed by atoms with van der Waals surface area (Å²) in [5.41, 5.74) is 1.01. The fraction of sp³-hybridized carbons (Fsp3) is 0.353. The molecule has 0 aliphatic carbocycles. The Labute approximate surface area is 139 Å². The zero-order valence-electron chi connectivity index (χ0n) is 12.9. The second-order valence-corrected chi connectivity index (χ2v) is 6.50. The quantitative estimate of drug-likeness (QED) is 0.911. The van der Waals surface area contributed by atoms with E-state index in [2.05, 4.69) is 0 Å². The number of nitrogens with zero attached hydrogens (tertiary/aromatic N) is 1. The lowest BCUT2D eigenvalue weighted by Crippen LogP contribution is -2.36. The van der Waals surface area contributed by atoms with Gasteiger partial charge < -0.3 is 19.2 Å². The van der Waals surface area contributed by atoms with Gasteiger partial charge in [-0.2, -0.15) is 0 Å². The Morgan fingerprint density at radius 3 is 3.00 bits per heavy atom. The maximum Gasteiger partial charge on any atom is 0.224 e. The number of benzene rings is 1. The van der Waals surface area contributed by atoms with Crippen molar-refractivity contribution in [1.82, 2.24) is 4.90 Å². The van der Waals surface area contributed by atoms with Crippen LogP contribution in [0, 0.1) is 0 Å². The SMILES string of the molecule is COc1cccc(CN2C(=O)CCSC2c2ccc(CO)o2)c1. The van der Waals surface area contributed by atoms with Crippen LogP contribution in [0.3, 0.4) is 0 Å². The lowest BCUT2D eigenvalue weighted by molar-refractivity contribution is -0.133. The number of aliphatic hydroxyl groups is 1. The Hall–Kier alpha value is -1.92. The number of hydrogen-bond acceptors (Lipinski definition) is 5. The monoisotopic (exact) mass is 333 g/mol. The Morgan fingerprint density at radius 2 is 2.26 bits per heavy atom. The molecule has 1 aliphatic rings. The molecule has 1 aliphatic heterocycles. The molecule has 23 heavy (non-hydrogen) atoms. The highest BCUT2D eigenvalue weighted by Crippen LogP contribution is 2.39. The van der Waals surface area contributed by atoms with Crippen LogP contribution in [-0.2, 0) is 17.9 Å². The van der Waals surface area contributed by atoms with Gasteiger partial charge in [-0.1, -0.05) is 12.1 Å². The number of amides is 1. The van der Waals surface area contributed by atoms with Crippen molar-refractivity contribution in [3.63, 3.8) is 0 Å². The normalized spacial score (nSPS) is 18.3. The molecule has 0 spiro atoms. The number of thioether (sulfide) groups is 1. The second-order valence-electron chi connectivity index (χ2n) is 5.31. The minimum atomic E-state index is -0.164. The Morgan fingerprint density at radius 1 is 1.39 bits per heavy atom. The van der Waals surface area contributed by atoms with E-state index in [9.17, 15) is 4.79 Å². The largest absolute Gasteiger partial charge is 0.497 e. The Balaban J connectivity index is 1.84. The molecule has 1 unspecified atom stereocenters. The van der Waals surface area contributed by atoms with Gasteiger partial charge in [-0.25, -0.2) is 0 Å². The molecule has 1 atom stereocenters. The number of ether oxygens (including phenoxy) is 1. The van der Waals surface area contributed by atoms with Crippen molar-refractivity contribution >= 4 is 17.7 Å². The molecule has 1 amide bonds. The highest BCUT2D eigenvalue weighted by atomic mass is 32.2. The number of carbonyl (C=O) groups is 1. The summed E-state index contributed by atoms with van der Waals surface area (Å²) < 4.78 is 10.9. The van der Waals surface area contributed by atoms with Gasteiger partial charge in [-0.3, -0.25) is 4.79 Å². The van der Waals surface area contributed by atoms with Crippen LogP contribution in [0.15, 0.2) is 40.8 Å². The predicted octanol–water partition coefficient (Wildman–Crippen LogP) is 2.94. The zero-order chi connectivity index (χ0) is 16.2.